The van der Waals surface area contributed by atoms with Crippen LogP contribution < -0.4 is 0 Å². The second kappa shape index (κ2) is 3.26. The highest BCUT2D eigenvalue weighted by Crippen LogP contribution is 2.19. The maximum absolute atomic E-state index is 12.9. The van der Waals surface area contributed by atoms with E-state index in [-0.39, 0.29) is 11.5 Å². The van der Waals surface area contributed by atoms with E-state index in [0.717, 1.165) is 0 Å². The van der Waals surface area contributed by atoms with Gasteiger partial charge in [0.1, 0.15) is 17.6 Å². The summed E-state index contributed by atoms with van der Waals surface area (Å²) in [5.74, 6) is -0.366. The predicted molar refractivity (Wildman–Crippen MR) is 46.5 cm³/mol. The maximum atomic E-state index is 12.9. The number of nitrogens with zero attached hydrogens (tertiary/aromatic N) is 3. The van der Waals surface area contributed by atoms with Gasteiger partial charge in [0.2, 0.25) is 0 Å². The molecule has 14 heavy (non-hydrogen) atoms. The first-order valence-electron chi connectivity index (χ1n) is 3.88. The predicted octanol–water partition coefficient (Wildman–Crippen LogP) is 1.48. The summed E-state index contributed by atoms with van der Waals surface area (Å²) in [5, 5.41) is 18.4. The van der Waals surface area contributed by atoms with Crippen molar-refractivity contribution in [2.24, 2.45) is 0 Å². The average Bonchev–Trinajstić information content (AvgIpc) is 2.65. The lowest BCUT2D eigenvalue weighted by Gasteiger charge is -1.95. The molecule has 0 radical (unpaired) electrons. The molecule has 0 aliphatic carbocycles. The minimum Gasteiger partial charge on any atom is -0.207 e. The van der Waals surface area contributed by atoms with Crippen molar-refractivity contribution < 1.29 is 4.39 Å². The van der Waals surface area contributed by atoms with Gasteiger partial charge in [-0.05, 0) is 12.1 Å². The largest absolute Gasteiger partial charge is 0.207 e. The molecule has 2 rings (SSSR count). The van der Waals surface area contributed by atoms with Crippen molar-refractivity contribution in [1.82, 2.24) is 15.4 Å². The number of rotatable bonds is 1. The molecule has 68 valence electrons. The molecular formula is C9H5FN4. The van der Waals surface area contributed by atoms with Gasteiger partial charge in [-0.1, -0.05) is 12.1 Å². The van der Waals surface area contributed by atoms with Gasteiger partial charge >= 0.3 is 0 Å². The van der Waals surface area contributed by atoms with Crippen LogP contribution in [0, 0.1) is 17.1 Å². The van der Waals surface area contributed by atoms with Crippen LogP contribution in [0.2, 0.25) is 0 Å². The monoisotopic (exact) mass is 188 g/mol. The molecule has 0 amide bonds. The van der Waals surface area contributed by atoms with Crippen LogP contribution in [0.3, 0.4) is 0 Å². The number of benzene rings is 1. The van der Waals surface area contributed by atoms with Gasteiger partial charge < -0.3 is 0 Å². The van der Waals surface area contributed by atoms with E-state index in [0.29, 0.717) is 11.3 Å². The molecule has 1 aromatic heterocycles. The first-order chi connectivity index (χ1) is 6.81. The Labute approximate surface area is 79.0 Å². The van der Waals surface area contributed by atoms with Crippen molar-refractivity contribution in [2.75, 3.05) is 0 Å². The van der Waals surface area contributed by atoms with Crippen LogP contribution in [0.15, 0.2) is 24.3 Å². The Kier molecular flexibility index (Phi) is 1.95. The highest BCUT2D eigenvalue weighted by Gasteiger charge is 2.09. The molecule has 0 saturated heterocycles. The van der Waals surface area contributed by atoms with Crippen LogP contribution in [0.1, 0.15) is 5.69 Å². The van der Waals surface area contributed by atoms with E-state index in [1.165, 1.54) is 12.1 Å². The second-order valence-corrected chi connectivity index (χ2v) is 2.64. The van der Waals surface area contributed by atoms with Crippen LogP contribution >= 0.6 is 0 Å². The van der Waals surface area contributed by atoms with Gasteiger partial charge in [0, 0.05) is 5.56 Å². The van der Waals surface area contributed by atoms with Crippen molar-refractivity contribution in [2.45, 2.75) is 0 Å². The molecule has 0 spiro atoms. The first kappa shape index (κ1) is 8.38. The van der Waals surface area contributed by atoms with Gasteiger partial charge in [-0.15, -0.1) is 5.10 Å². The summed E-state index contributed by atoms with van der Waals surface area (Å²) in [4.78, 5) is 0. The molecule has 1 aromatic carbocycles. The molecule has 0 bridgehead atoms. The third-order valence-electron chi connectivity index (χ3n) is 1.75. The van der Waals surface area contributed by atoms with E-state index < -0.39 is 0 Å². The molecule has 1 N–H and O–H groups in total. The maximum Gasteiger partial charge on any atom is 0.190 e. The molecule has 2 aromatic rings. The van der Waals surface area contributed by atoms with Crippen LogP contribution in [-0.2, 0) is 0 Å². The fraction of sp³-hybridized carbons (Fsp3) is 0. The fourth-order valence-corrected chi connectivity index (χ4v) is 1.15. The van der Waals surface area contributed by atoms with E-state index in [2.05, 4.69) is 15.4 Å². The summed E-state index contributed by atoms with van der Waals surface area (Å²) in [7, 11) is 0. The van der Waals surface area contributed by atoms with Gasteiger partial charge in [-0.25, -0.2) is 4.39 Å². The molecule has 0 saturated carbocycles. The Balaban J connectivity index is 2.56. The van der Waals surface area contributed by atoms with E-state index >= 15 is 0 Å². The number of aromatic amines is 1. The Morgan fingerprint density at radius 1 is 1.36 bits per heavy atom. The lowest BCUT2D eigenvalue weighted by Crippen LogP contribution is -1.83. The van der Waals surface area contributed by atoms with Crippen LogP contribution in [0.25, 0.3) is 11.3 Å². The third-order valence-corrected chi connectivity index (χ3v) is 1.75. The smallest absolute Gasteiger partial charge is 0.190 e. The number of hydrogen-bond acceptors (Lipinski definition) is 3. The summed E-state index contributed by atoms with van der Waals surface area (Å²) < 4.78 is 12.9. The zero-order valence-electron chi connectivity index (χ0n) is 7.03. The minimum absolute atomic E-state index is 0.163. The molecule has 0 fully saturated rings. The van der Waals surface area contributed by atoms with Gasteiger partial charge in [-0.3, -0.25) is 0 Å². The number of H-pyrrole nitrogens is 1. The molecule has 5 heteroatoms. The third kappa shape index (κ3) is 1.33. The number of nitrogens with one attached hydrogen (secondary N) is 1. The average molecular weight is 188 g/mol. The molecule has 0 aliphatic heterocycles. The lowest BCUT2D eigenvalue weighted by molar-refractivity contribution is 0.628. The van der Waals surface area contributed by atoms with Crippen molar-refractivity contribution in [3.05, 3.63) is 35.8 Å². The Bertz CT molecular complexity index is 498. The topological polar surface area (TPSA) is 65.4 Å². The molecule has 1 heterocycles. The second-order valence-electron chi connectivity index (χ2n) is 2.64. The summed E-state index contributed by atoms with van der Waals surface area (Å²) >= 11 is 0. The summed E-state index contributed by atoms with van der Waals surface area (Å²) in [5.41, 5.74) is 1.07. The van der Waals surface area contributed by atoms with Crippen molar-refractivity contribution in [1.29, 1.82) is 5.26 Å². The highest BCUT2D eigenvalue weighted by atomic mass is 19.1. The Morgan fingerprint density at radius 2 is 2.21 bits per heavy atom. The fourth-order valence-electron chi connectivity index (χ4n) is 1.15. The van der Waals surface area contributed by atoms with E-state index in [1.54, 1.807) is 12.1 Å². The molecule has 0 unspecified atom stereocenters. The van der Waals surface area contributed by atoms with Crippen LogP contribution in [0.4, 0.5) is 4.39 Å². The van der Waals surface area contributed by atoms with E-state index in [4.69, 9.17) is 5.26 Å². The zero-order valence-corrected chi connectivity index (χ0v) is 7.03. The Morgan fingerprint density at radius 3 is 2.93 bits per heavy atom. The number of nitriles is 1. The normalized spacial score (nSPS) is 9.71. The quantitative estimate of drug-likeness (QED) is 0.737. The number of halogens is 1. The van der Waals surface area contributed by atoms with Gasteiger partial charge in [0.15, 0.2) is 5.69 Å². The van der Waals surface area contributed by atoms with Gasteiger partial charge in [-0.2, -0.15) is 15.6 Å². The molecule has 0 atom stereocenters. The SMILES string of the molecule is N#Cc1n[nH]nc1-c1cccc(F)c1. The number of hydrogen-bond donors (Lipinski definition) is 1. The first-order valence-corrected chi connectivity index (χ1v) is 3.88. The van der Waals surface area contributed by atoms with Crippen molar-refractivity contribution in [3.8, 4) is 17.3 Å². The summed E-state index contributed by atoms with van der Waals surface area (Å²) in [6, 6.07) is 7.72. The zero-order chi connectivity index (χ0) is 9.97. The van der Waals surface area contributed by atoms with Crippen molar-refractivity contribution >= 4 is 0 Å². The van der Waals surface area contributed by atoms with Gasteiger partial charge in [0.25, 0.3) is 0 Å². The lowest BCUT2D eigenvalue weighted by atomic mass is 10.1. The van der Waals surface area contributed by atoms with Crippen LogP contribution in [-0.4, -0.2) is 15.4 Å². The van der Waals surface area contributed by atoms with E-state index in [9.17, 15) is 4.39 Å². The van der Waals surface area contributed by atoms with Crippen molar-refractivity contribution in [3.63, 3.8) is 0 Å². The molecular weight excluding hydrogens is 183 g/mol. The standard InChI is InChI=1S/C9H5FN4/c10-7-3-1-2-6(4-7)9-8(5-11)12-14-13-9/h1-4H,(H,12,13,14). The van der Waals surface area contributed by atoms with Gasteiger partial charge in [0.05, 0.1) is 0 Å². The summed E-state index contributed by atoms with van der Waals surface area (Å²) in [6.07, 6.45) is 0. The van der Waals surface area contributed by atoms with E-state index in [1.807, 2.05) is 6.07 Å². The van der Waals surface area contributed by atoms with Crippen LogP contribution in [0.5, 0.6) is 0 Å². The highest BCUT2D eigenvalue weighted by molar-refractivity contribution is 5.63. The minimum atomic E-state index is -0.366. The molecule has 4 nitrogen and oxygen atoms in total. The number of aromatic nitrogens is 3. The Hall–Kier alpha value is -2.22. The summed E-state index contributed by atoms with van der Waals surface area (Å²) in [6.45, 7) is 0. The molecule has 0 aliphatic rings.